The molecule has 0 N–H and O–H groups in total. The van der Waals surface area contributed by atoms with Crippen LogP contribution in [0.3, 0.4) is 0 Å². The number of carbonyl (C=O) groups is 2. The number of benzene rings is 1. The smallest absolute Gasteiger partial charge is 0.254 e. The number of hydrogen-bond acceptors (Lipinski definition) is 2. The van der Waals surface area contributed by atoms with Crippen molar-refractivity contribution in [3.63, 3.8) is 0 Å². The molecule has 1 heterocycles. The van der Waals surface area contributed by atoms with Crippen LogP contribution >= 0.6 is 0 Å². The molecule has 3 rings (SSSR count). The van der Waals surface area contributed by atoms with Crippen LogP contribution in [0.2, 0.25) is 0 Å². The number of amides is 2. The second-order valence-corrected chi connectivity index (χ2v) is 7.17. The van der Waals surface area contributed by atoms with Gasteiger partial charge in [0, 0.05) is 12.2 Å². The first-order chi connectivity index (χ1) is 11.6. The fourth-order valence-corrected chi connectivity index (χ4v) is 4.44. The van der Waals surface area contributed by atoms with Crippen LogP contribution in [-0.4, -0.2) is 16.7 Å². The van der Waals surface area contributed by atoms with Gasteiger partial charge in [0.15, 0.2) is 0 Å². The average Bonchev–Trinajstić information content (AvgIpc) is 3.09. The van der Waals surface area contributed by atoms with E-state index >= 15 is 0 Å². The molecule has 3 nitrogen and oxygen atoms in total. The van der Waals surface area contributed by atoms with Crippen LogP contribution in [0.5, 0.6) is 0 Å². The lowest BCUT2D eigenvalue weighted by Gasteiger charge is -2.32. The van der Waals surface area contributed by atoms with Gasteiger partial charge in [-0.2, -0.15) is 0 Å². The van der Waals surface area contributed by atoms with Crippen molar-refractivity contribution in [3.8, 4) is 0 Å². The summed E-state index contributed by atoms with van der Waals surface area (Å²) in [6, 6.07) is 8.35. The number of hydrogen-bond donors (Lipinski definition) is 0. The van der Waals surface area contributed by atoms with Crippen LogP contribution < -0.4 is 0 Å². The normalized spacial score (nSPS) is 21.6. The Morgan fingerprint density at radius 3 is 2.17 bits per heavy atom. The van der Waals surface area contributed by atoms with Gasteiger partial charge < -0.3 is 0 Å². The molecule has 3 heteroatoms. The fraction of sp³-hybridized carbons (Fsp3) is 0.524. The molecule has 0 saturated heterocycles. The largest absolute Gasteiger partial charge is 0.269 e. The molecule has 1 aliphatic carbocycles. The summed E-state index contributed by atoms with van der Waals surface area (Å²) in [5.41, 5.74) is 2.65. The Morgan fingerprint density at radius 2 is 1.58 bits per heavy atom. The standard InChI is InChI=1S/C21H27NO2/c1-3-5-13-21(14-6-4-2)15-18(16-9-7-8-10-17(16)21)22-19(23)11-12-20(22)24/h7-12,18H,3-6,13-15H2,1-2H3/t18-/m0/s1. The molecule has 1 aromatic rings. The minimum Gasteiger partial charge on any atom is -0.269 e. The lowest BCUT2D eigenvalue weighted by atomic mass is 9.73. The van der Waals surface area contributed by atoms with E-state index in [4.69, 9.17) is 0 Å². The quantitative estimate of drug-likeness (QED) is 0.683. The molecular formula is C21H27NO2. The molecule has 128 valence electrons. The molecule has 2 amide bonds. The van der Waals surface area contributed by atoms with Crippen molar-refractivity contribution in [2.75, 3.05) is 0 Å². The number of unbranched alkanes of at least 4 members (excludes halogenated alkanes) is 2. The van der Waals surface area contributed by atoms with E-state index in [1.807, 2.05) is 6.07 Å². The minimum atomic E-state index is -0.165. The molecule has 0 fully saturated rings. The Hall–Kier alpha value is -1.90. The number of imide groups is 1. The van der Waals surface area contributed by atoms with E-state index in [0.29, 0.717) is 0 Å². The fourth-order valence-electron chi connectivity index (χ4n) is 4.44. The summed E-state index contributed by atoms with van der Waals surface area (Å²) in [7, 11) is 0. The van der Waals surface area contributed by atoms with Crippen LogP contribution in [0.25, 0.3) is 0 Å². The van der Waals surface area contributed by atoms with Gasteiger partial charge in [0.2, 0.25) is 0 Å². The molecule has 0 radical (unpaired) electrons. The molecule has 0 bridgehead atoms. The maximum Gasteiger partial charge on any atom is 0.254 e. The van der Waals surface area contributed by atoms with Crippen molar-refractivity contribution < 1.29 is 9.59 Å². The predicted molar refractivity (Wildman–Crippen MR) is 95.5 cm³/mol. The zero-order valence-corrected chi connectivity index (χ0v) is 14.8. The maximum absolute atomic E-state index is 12.2. The van der Waals surface area contributed by atoms with Crippen LogP contribution in [0.1, 0.15) is 76.0 Å². The SMILES string of the molecule is CCCCC1(CCCC)C[C@H](N2C(=O)C=CC2=O)c2ccccc21. The molecule has 1 aromatic carbocycles. The van der Waals surface area contributed by atoms with E-state index in [9.17, 15) is 9.59 Å². The molecule has 1 aliphatic heterocycles. The number of rotatable bonds is 7. The molecular weight excluding hydrogens is 298 g/mol. The first kappa shape index (κ1) is 16.9. The summed E-state index contributed by atoms with van der Waals surface area (Å²) >= 11 is 0. The minimum absolute atomic E-state index is 0.107. The summed E-state index contributed by atoms with van der Waals surface area (Å²) in [5.74, 6) is -0.330. The summed E-state index contributed by atoms with van der Waals surface area (Å²) < 4.78 is 0. The van der Waals surface area contributed by atoms with Crippen LogP contribution in [-0.2, 0) is 15.0 Å². The zero-order valence-electron chi connectivity index (χ0n) is 14.8. The van der Waals surface area contributed by atoms with E-state index in [1.54, 1.807) is 0 Å². The Kier molecular flexibility index (Phi) is 4.88. The Morgan fingerprint density at radius 1 is 1.00 bits per heavy atom. The van der Waals surface area contributed by atoms with E-state index in [2.05, 4.69) is 32.0 Å². The van der Waals surface area contributed by atoms with Gasteiger partial charge in [-0.25, -0.2) is 0 Å². The lowest BCUT2D eigenvalue weighted by Crippen LogP contribution is -2.34. The summed E-state index contributed by atoms with van der Waals surface area (Å²) in [6.07, 6.45) is 10.7. The summed E-state index contributed by atoms with van der Waals surface area (Å²) in [4.78, 5) is 25.9. The summed E-state index contributed by atoms with van der Waals surface area (Å²) in [5, 5.41) is 0. The molecule has 0 unspecified atom stereocenters. The zero-order chi connectivity index (χ0) is 17.2. The van der Waals surface area contributed by atoms with Crippen LogP contribution in [0.4, 0.5) is 0 Å². The van der Waals surface area contributed by atoms with Crippen molar-refractivity contribution in [1.29, 1.82) is 0 Å². The number of nitrogens with zero attached hydrogens (tertiary/aromatic N) is 1. The molecule has 2 aliphatic rings. The van der Waals surface area contributed by atoms with E-state index in [0.717, 1.165) is 19.3 Å². The highest BCUT2D eigenvalue weighted by atomic mass is 16.2. The first-order valence-corrected chi connectivity index (χ1v) is 9.27. The van der Waals surface area contributed by atoms with Crippen LogP contribution in [0.15, 0.2) is 36.4 Å². The lowest BCUT2D eigenvalue weighted by molar-refractivity contribution is -0.139. The van der Waals surface area contributed by atoms with Crippen molar-refractivity contribution in [1.82, 2.24) is 4.90 Å². The van der Waals surface area contributed by atoms with Gasteiger partial charge in [-0.3, -0.25) is 14.5 Å². The first-order valence-electron chi connectivity index (χ1n) is 9.27. The second-order valence-electron chi connectivity index (χ2n) is 7.17. The van der Waals surface area contributed by atoms with Gasteiger partial charge in [-0.15, -0.1) is 0 Å². The van der Waals surface area contributed by atoms with Crippen molar-refractivity contribution in [2.24, 2.45) is 0 Å². The van der Waals surface area contributed by atoms with E-state index in [1.165, 1.54) is 53.9 Å². The number of fused-ring (bicyclic) bond motifs is 1. The predicted octanol–water partition coefficient (Wildman–Crippen LogP) is 4.67. The number of carbonyl (C=O) groups excluding carboxylic acids is 2. The van der Waals surface area contributed by atoms with Gasteiger partial charge in [0.05, 0.1) is 6.04 Å². The molecule has 1 atom stereocenters. The molecule has 0 saturated carbocycles. The maximum atomic E-state index is 12.2. The second kappa shape index (κ2) is 6.92. The van der Waals surface area contributed by atoms with Crippen molar-refractivity contribution in [3.05, 3.63) is 47.5 Å². The monoisotopic (exact) mass is 325 g/mol. The van der Waals surface area contributed by atoms with Gasteiger partial charge in [0.25, 0.3) is 11.8 Å². The van der Waals surface area contributed by atoms with Crippen molar-refractivity contribution in [2.45, 2.75) is 70.3 Å². The van der Waals surface area contributed by atoms with Gasteiger partial charge in [0.1, 0.15) is 0 Å². The van der Waals surface area contributed by atoms with E-state index < -0.39 is 0 Å². The van der Waals surface area contributed by atoms with Crippen LogP contribution in [0, 0.1) is 0 Å². The third-order valence-corrected chi connectivity index (χ3v) is 5.65. The Labute approximate surface area is 144 Å². The average molecular weight is 325 g/mol. The van der Waals surface area contributed by atoms with Gasteiger partial charge >= 0.3 is 0 Å². The third-order valence-electron chi connectivity index (χ3n) is 5.65. The van der Waals surface area contributed by atoms with Crippen molar-refractivity contribution >= 4 is 11.8 Å². The van der Waals surface area contributed by atoms with Gasteiger partial charge in [-0.05, 0) is 35.8 Å². The molecule has 0 aromatic heterocycles. The third kappa shape index (κ3) is 2.81. The highest BCUT2D eigenvalue weighted by molar-refractivity contribution is 6.13. The highest BCUT2D eigenvalue weighted by Crippen LogP contribution is 2.53. The highest BCUT2D eigenvalue weighted by Gasteiger charge is 2.47. The Bertz CT molecular complexity index is 636. The molecule has 0 spiro atoms. The van der Waals surface area contributed by atoms with Gasteiger partial charge in [-0.1, -0.05) is 63.8 Å². The molecule has 24 heavy (non-hydrogen) atoms. The van der Waals surface area contributed by atoms with E-state index in [-0.39, 0.29) is 23.3 Å². The Balaban J connectivity index is 2.00. The topological polar surface area (TPSA) is 37.4 Å². The summed E-state index contributed by atoms with van der Waals surface area (Å²) in [6.45, 7) is 4.45.